The van der Waals surface area contributed by atoms with Gasteiger partial charge in [-0.1, -0.05) is 18.2 Å². The molecule has 0 bridgehead atoms. The summed E-state index contributed by atoms with van der Waals surface area (Å²) in [6.45, 7) is 2.18. The fourth-order valence-electron chi connectivity index (χ4n) is 3.58. The number of amides is 2. The van der Waals surface area contributed by atoms with Crippen molar-refractivity contribution >= 4 is 23.5 Å². The number of carbonyl (C=O) groups is 2. The fraction of sp³-hybridized carbons (Fsp3) is 0.250. The van der Waals surface area contributed by atoms with Gasteiger partial charge in [0, 0.05) is 38.6 Å². The van der Waals surface area contributed by atoms with Crippen LogP contribution in [0.3, 0.4) is 0 Å². The smallest absolute Gasteiger partial charge is 0.255 e. The quantitative estimate of drug-likeness (QED) is 0.488. The first-order valence-electron chi connectivity index (χ1n) is 10.8. The van der Waals surface area contributed by atoms with Crippen LogP contribution < -0.4 is 20.9 Å². The van der Waals surface area contributed by atoms with Gasteiger partial charge in [-0.2, -0.15) is 0 Å². The van der Waals surface area contributed by atoms with Gasteiger partial charge in [-0.3, -0.25) is 14.6 Å². The van der Waals surface area contributed by atoms with Gasteiger partial charge in [-0.25, -0.2) is 9.37 Å². The molecule has 1 aromatic carbocycles. The molecule has 170 valence electrons. The predicted molar refractivity (Wildman–Crippen MR) is 123 cm³/mol. The van der Waals surface area contributed by atoms with E-state index in [1.807, 2.05) is 23.1 Å². The fourth-order valence-corrected chi connectivity index (χ4v) is 3.58. The van der Waals surface area contributed by atoms with E-state index in [0.717, 1.165) is 11.1 Å². The molecule has 0 aliphatic carbocycles. The first kappa shape index (κ1) is 22.2. The molecule has 0 atom stereocenters. The molecule has 0 unspecified atom stereocenters. The van der Waals surface area contributed by atoms with Crippen molar-refractivity contribution in [1.29, 1.82) is 0 Å². The zero-order chi connectivity index (χ0) is 23.0. The van der Waals surface area contributed by atoms with E-state index in [1.54, 1.807) is 30.6 Å². The summed E-state index contributed by atoms with van der Waals surface area (Å²) in [7, 11) is 0. The summed E-state index contributed by atoms with van der Waals surface area (Å²) in [6.07, 6.45) is 3.93. The maximum atomic E-state index is 13.5. The number of nitrogens with zero attached hydrogens (tertiary/aromatic N) is 3. The van der Waals surface area contributed by atoms with Crippen molar-refractivity contribution in [1.82, 2.24) is 20.6 Å². The summed E-state index contributed by atoms with van der Waals surface area (Å²) in [5, 5.41) is 8.90. The molecule has 3 aromatic rings. The van der Waals surface area contributed by atoms with Gasteiger partial charge in [0.15, 0.2) is 0 Å². The largest absolute Gasteiger partial charge is 0.369 e. The Bertz CT molecular complexity index is 1120. The molecule has 0 radical (unpaired) electrons. The van der Waals surface area contributed by atoms with Crippen LogP contribution in [0.2, 0.25) is 0 Å². The van der Waals surface area contributed by atoms with Crippen LogP contribution >= 0.6 is 0 Å². The van der Waals surface area contributed by atoms with Gasteiger partial charge in [0.1, 0.15) is 17.5 Å². The van der Waals surface area contributed by atoms with Gasteiger partial charge < -0.3 is 20.9 Å². The SMILES string of the molecule is O=C1CN(c2ccc(C(=O)NCc3cccnc3)c(NCCc3cccc(F)c3)n2)CCN1. The molecule has 1 aliphatic rings. The maximum Gasteiger partial charge on any atom is 0.255 e. The van der Waals surface area contributed by atoms with Crippen LogP contribution in [0.25, 0.3) is 0 Å². The molecule has 4 rings (SSSR count). The van der Waals surface area contributed by atoms with Crippen LogP contribution in [0.15, 0.2) is 60.9 Å². The maximum absolute atomic E-state index is 13.5. The summed E-state index contributed by atoms with van der Waals surface area (Å²) in [6, 6.07) is 13.6. The van der Waals surface area contributed by atoms with Crippen LogP contribution in [-0.2, 0) is 17.8 Å². The third kappa shape index (κ3) is 6.03. The Kier molecular flexibility index (Phi) is 7.09. The van der Waals surface area contributed by atoms with Crippen molar-refractivity contribution in [2.75, 3.05) is 36.4 Å². The number of hydrogen-bond acceptors (Lipinski definition) is 6. The van der Waals surface area contributed by atoms with Gasteiger partial charge in [-0.05, 0) is 47.9 Å². The number of anilines is 2. The van der Waals surface area contributed by atoms with E-state index in [9.17, 15) is 14.0 Å². The number of halogens is 1. The van der Waals surface area contributed by atoms with Gasteiger partial charge in [0.25, 0.3) is 5.91 Å². The summed E-state index contributed by atoms with van der Waals surface area (Å²) in [5.74, 6) is 0.399. The number of hydrogen-bond donors (Lipinski definition) is 3. The Labute approximate surface area is 191 Å². The van der Waals surface area contributed by atoms with Crippen molar-refractivity contribution in [2.24, 2.45) is 0 Å². The molecule has 1 aliphatic heterocycles. The average Bonchev–Trinajstić information content (AvgIpc) is 2.83. The summed E-state index contributed by atoms with van der Waals surface area (Å²) in [5.41, 5.74) is 2.12. The Balaban J connectivity index is 1.50. The van der Waals surface area contributed by atoms with E-state index in [0.29, 0.717) is 49.8 Å². The summed E-state index contributed by atoms with van der Waals surface area (Å²) < 4.78 is 13.5. The Morgan fingerprint density at radius 2 is 2.03 bits per heavy atom. The highest BCUT2D eigenvalue weighted by molar-refractivity contribution is 5.99. The zero-order valence-electron chi connectivity index (χ0n) is 18.1. The second-order valence-electron chi connectivity index (χ2n) is 7.69. The van der Waals surface area contributed by atoms with Gasteiger partial charge in [0.2, 0.25) is 5.91 Å². The number of piperazine rings is 1. The van der Waals surface area contributed by atoms with Crippen LogP contribution in [0, 0.1) is 5.82 Å². The summed E-state index contributed by atoms with van der Waals surface area (Å²) in [4.78, 5) is 35.3. The number of rotatable bonds is 8. The Morgan fingerprint density at radius 3 is 2.82 bits per heavy atom. The Hall–Kier alpha value is -4.01. The lowest BCUT2D eigenvalue weighted by Crippen LogP contribution is -2.48. The van der Waals surface area contributed by atoms with E-state index in [1.165, 1.54) is 12.1 Å². The molecular formula is C24H25FN6O2. The van der Waals surface area contributed by atoms with E-state index in [2.05, 4.69) is 25.9 Å². The van der Waals surface area contributed by atoms with Crippen molar-refractivity contribution in [3.05, 3.63) is 83.4 Å². The van der Waals surface area contributed by atoms with Crippen LogP contribution in [0.4, 0.5) is 16.0 Å². The van der Waals surface area contributed by atoms with Gasteiger partial charge in [-0.15, -0.1) is 0 Å². The normalized spacial score (nSPS) is 13.4. The third-order valence-electron chi connectivity index (χ3n) is 5.26. The number of benzene rings is 1. The molecule has 8 nitrogen and oxygen atoms in total. The molecule has 0 saturated carbocycles. The minimum Gasteiger partial charge on any atom is -0.369 e. The second kappa shape index (κ2) is 10.5. The molecule has 33 heavy (non-hydrogen) atoms. The minimum atomic E-state index is -0.286. The van der Waals surface area contributed by atoms with Crippen LogP contribution in [0.5, 0.6) is 0 Å². The van der Waals surface area contributed by atoms with E-state index in [-0.39, 0.29) is 24.2 Å². The van der Waals surface area contributed by atoms with Crippen molar-refractivity contribution in [3.63, 3.8) is 0 Å². The summed E-state index contributed by atoms with van der Waals surface area (Å²) >= 11 is 0. The van der Waals surface area contributed by atoms with Crippen LogP contribution in [-0.4, -0.2) is 48.0 Å². The monoisotopic (exact) mass is 448 g/mol. The lowest BCUT2D eigenvalue weighted by molar-refractivity contribution is -0.120. The van der Waals surface area contributed by atoms with Crippen molar-refractivity contribution in [2.45, 2.75) is 13.0 Å². The van der Waals surface area contributed by atoms with Crippen LogP contribution in [0.1, 0.15) is 21.5 Å². The molecule has 3 N–H and O–H groups in total. The molecule has 2 amide bonds. The number of nitrogens with one attached hydrogen (secondary N) is 3. The highest BCUT2D eigenvalue weighted by Crippen LogP contribution is 2.20. The first-order valence-corrected chi connectivity index (χ1v) is 10.8. The standard InChI is InChI=1S/C24H25FN6O2/c25-19-5-1-3-17(13-19)8-10-28-23-20(24(33)29-15-18-4-2-9-26-14-18)6-7-21(30-23)31-12-11-27-22(32)16-31/h1-7,9,13-14H,8,10-12,15-16H2,(H,27,32)(H,28,30)(H,29,33). The Morgan fingerprint density at radius 1 is 1.15 bits per heavy atom. The lowest BCUT2D eigenvalue weighted by Gasteiger charge is -2.28. The topological polar surface area (TPSA) is 99.2 Å². The average molecular weight is 449 g/mol. The third-order valence-corrected chi connectivity index (χ3v) is 5.26. The number of pyridine rings is 2. The predicted octanol–water partition coefficient (Wildman–Crippen LogP) is 2.14. The van der Waals surface area contributed by atoms with Crippen molar-refractivity contribution in [3.8, 4) is 0 Å². The molecule has 9 heteroatoms. The number of aromatic nitrogens is 2. The molecular weight excluding hydrogens is 423 g/mol. The van der Waals surface area contributed by atoms with E-state index < -0.39 is 0 Å². The van der Waals surface area contributed by atoms with E-state index in [4.69, 9.17) is 0 Å². The lowest BCUT2D eigenvalue weighted by atomic mass is 10.1. The first-order chi connectivity index (χ1) is 16.1. The second-order valence-corrected chi connectivity index (χ2v) is 7.69. The highest BCUT2D eigenvalue weighted by atomic mass is 19.1. The molecule has 0 spiro atoms. The minimum absolute atomic E-state index is 0.0676. The van der Waals surface area contributed by atoms with Gasteiger partial charge in [0.05, 0.1) is 12.1 Å². The molecule has 1 fully saturated rings. The van der Waals surface area contributed by atoms with E-state index >= 15 is 0 Å². The number of carbonyl (C=O) groups excluding carboxylic acids is 2. The highest BCUT2D eigenvalue weighted by Gasteiger charge is 2.20. The molecule has 2 aromatic heterocycles. The molecule has 1 saturated heterocycles. The van der Waals surface area contributed by atoms with Gasteiger partial charge >= 0.3 is 0 Å². The zero-order valence-corrected chi connectivity index (χ0v) is 18.1. The molecule has 3 heterocycles. The van der Waals surface area contributed by atoms with Crippen molar-refractivity contribution < 1.29 is 14.0 Å².